The summed E-state index contributed by atoms with van der Waals surface area (Å²) in [5, 5.41) is 8.91. The van der Waals surface area contributed by atoms with E-state index >= 15 is 0 Å². The first-order valence-corrected chi connectivity index (χ1v) is 8.75. The number of aliphatic carboxylic acids is 1. The second kappa shape index (κ2) is 9.70. The van der Waals surface area contributed by atoms with E-state index in [1.807, 2.05) is 30.3 Å². The van der Waals surface area contributed by atoms with Gasteiger partial charge in [0.05, 0.1) is 7.11 Å². The van der Waals surface area contributed by atoms with Crippen LogP contribution in [-0.4, -0.2) is 31.4 Å². The lowest BCUT2D eigenvalue weighted by atomic mass is 10.0. The van der Waals surface area contributed by atoms with Gasteiger partial charge in [0.25, 0.3) is 0 Å². The zero-order valence-electron chi connectivity index (χ0n) is 15.5. The number of carboxylic acid groups (broad SMARTS) is 1. The van der Waals surface area contributed by atoms with E-state index in [0.29, 0.717) is 37.1 Å². The number of hydrogen-bond donors (Lipinski definition) is 1. The Kier molecular flexibility index (Phi) is 7.33. The van der Waals surface area contributed by atoms with Crippen LogP contribution in [0.3, 0.4) is 0 Å². The van der Waals surface area contributed by atoms with Crippen LogP contribution in [0.2, 0.25) is 0 Å². The minimum absolute atomic E-state index is 0.0434. The van der Waals surface area contributed by atoms with Gasteiger partial charge in [-0.2, -0.15) is 0 Å². The molecule has 0 aromatic heterocycles. The fraction of sp³-hybridized carbons (Fsp3) is 0.381. The first-order valence-electron chi connectivity index (χ1n) is 8.75. The van der Waals surface area contributed by atoms with Crippen molar-refractivity contribution in [3.8, 4) is 17.2 Å². The van der Waals surface area contributed by atoms with Crippen LogP contribution >= 0.6 is 0 Å². The Morgan fingerprint density at radius 3 is 2.38 bits per heavy atom. The summed E-state index contributed by atoms with van der Waals surface area (Å²) in [6.45, 7) is 4.98. The summed E-state index contributed by atoms with van der Waals surface area (Å²) < 4.78 is 17.1. The van der Waals surface area contributed by atoms with Crippen LogP contribution in [0, 0.1) is 0 Å². The van der Waals surface area contributed by atoms with Crippen LogP contribution in [0.5, 0.6) is 17.2 Å². The molecule has 2 aromatic carbocycles. The summed E-state index contributed by atoms with van der Waals surface area (Å²) in [5.74, 6) is 1.57. The van der Waals surface area contributed by atoms with Crippen molar-refractivity contribution >= 4 is 5.97 Å². The number of methoxy groups -OCH3 is 1. The average Bonchev–Trinajstić information content (AvgIpc) is 2.63. The maximum Gasteiger partial charge on any atom is 0.303 e. The van der Waals surface area contributed by atoms with E-state index in [-0.39, 0.29) is 6.42 Å². The molecule has 1 N–H and O–H groups in total. The molecule has 0 radical (unpaired) electrons. The van der Waals surface area contributed by atoms with E-state index in [4.69, 9.17) is 19.3 Å². The molecule has 5 heteroatoms. The molecule has 0 bridgehead atoms. The quantitative estimate of drug-likeness (QED) is 0.642. The van der Waals surface area contributed by atoms with E-state index in [9.17, 15) is 4.79 Å². The molecule has 0 spiro atoms. The second-order valence-corrected chi connectivity index (χ2v) is 6.23. The second-order valence-electron chi connectivity index (χ2n) is 6.23. The van der Waals surface area contributed by atoms with E-state index in [0.717, 1.165) is 16.9 Å². The summed E-state index contributed by atoms with van der Waals surface area (Å²) in [6.07, 6.45) is 0.431. The largest absolute Gasteiger partial charge is 0.493 e. The number of carboxylic acids is 1. The van der Waals surface area contributed by atoms with Crippen molar-refractivity contribution in [1.29, 1.82) is 0 Å². The van der Waals surface area contributed by atoms with E-state index < -0.39 is 5.97 Å². The van der Waals surface area contributed by atoms with Gasteiger partial charge in [0, 0.05) is 6.42 Å². The van der Waals surface area contributed by atoms with Crippen molar-refractivity contribution in [1.82, 2.24) is 0 Å². The molecule has 5 nitrogen and oxygen atoms in total. The summed E-state index contributed by atoms with van der Waals surface area (Å²) in [7, 11) is 1.57. The first kappa shape index (κ1) is 19.6. The fourth-order valence-electron chi connectivity index (χ4n) is 2.71. The zero-order valence-corrected chi connectivity index (χ0v) is 15.5. The molecule has 2 rings (SSSR count). The molecule has 0 saturated carbocycles. The molecule has 0 unspecified atom stereocenters. The maximum atomic E-state index is 10.9. The van der Waals surface area contributed by atoms with Gasteiger partial charge in [-0.1, -0.05) is 44.2 Å². The third kappa shape index (κ3) is 5.41. The van der Waals surface area contributed by atoms with Crippen LogP contribution in [0.15, 0.2) is 42.5 Å². The fourth-order valence-corrected chi connectivity index (χ4v) is 2.71. The van der Waals surface area contributed by atoms with Crippen molar-refractivity contribution in [2.24, 2.45) is 0 Å². The van der Waals surface area contributed by atoms with Gasteiger partial charge in [0.1, 0.15) is 19.0 Å². The topological polar surface area (TPSA) is 65.0 Å². The number of hydrogen-bond acceptors (Lipinski definition) is 4. The maximum absolute atomic E-state index is 10.9. The highest BCUT2D eigenvalue weighted by atomic mass is 16.5. The molecule has 0 fully saturated rings. The lowest BCUT2D eigenvalue weighted by Gasteiger charge is -2.16. The van der Waals surface area contributed by atoms with Crippen molar-refractivity contribution in [3.63, 3.8) is 0 Å². The monoisotopic (exact) mass is 358 g/mol. The number of ether oxygens (including phenoxy) is 3. The van der Waals surface area contributed by atoms with Gasteiger partial charge in [-0.3, -0.25) is 4.79 Å². The molecule has 0 atom stereocenters. The third-order valence-corrected chi connectivity index (χ3v) is 4.02. The molecular weight excluding hydrogens is 332 g/mol. The number of para-hydroxylation sites is 2. The molecule has 0 heterocycles. The standard InChI is InChI=1S/C21H26O5/c1-15(2)17-8-4-5-9-18(17)25-13-14-26-21-16(11-12-20(22)23)7-6-10-19(21)24-3/h4-10,15H,11-14H2,1-3H3,(H,22,23). The van der Waals surface area contributed by atoms with Gasteiger partial charge >= 0.3 is 5.97 Å². The molecule has 0 aliphatic carbocycles. The molecule has 140 valence electrons. The van der Waals surface area contributed by atoms with E-state index in [2.05, 4.69) is 19.9 Å². The Morgan fingerprint density at radius 2 is 1.69 bits per heavy atom. The van der Waals surface area contributed by atoms with Gasteiger partial charge < -0.3 is 19.3 Å². The van der Waals surface area contributed by atoms with Gasteiger partial charge in [-0.25, -0.2) is 0 Å². The van der Waals surface area contributed by atoms with Crippen LogP contribution in [0.4, 0.5) is 0 Å². The lowest BCUT2D eigenvalue weighted by molar-refractivity contribution is -0.136. The molecule has 2 aromatic rings. The molecule has 0 aliphatic rings. The number of carbonyl (C=O) groups is 1. The first-order chi connectivity index (χ1) is 12.5. The normalized spacial score (nSPS) is 10.6. The Hall–Kier alpha value is -2.69. The minimum Gasteiger partial charge on any atom is -0.493 e. The molecule has 0 amide bonds. The molecular formula is C21H26O5. The SMILES string of the molecule is COc1cccc(CCC(=O)O)c1OCCOc1ccccc1C(C)C. The smallest absolute Gasteiger partial charge is 0.303 e. The van der Waals surface area contributed by atoms with Crippen molar-refractivity contribution in [2.45, 2.75) is 32.6 Å². The van der Waals surface area contributed by atoms with Crippen LogP contribution in [0.25, 0.3) is 0 Å². The van der Waals surface area contributed by atoms with Crippen molar-refractivity contribution in [3.05, 3.63) is 53.6 Å². The summed E-state index contributed by atoms with van der Waals surface area (Å²) in [6, 6.07) is 13.5. The molecule has 0 saturated heterocycles. The highest BCUT2D eigenvalue weighted by Gasteiger charge is 2.12. The average molecular weight is 358 g/mol. The zero-order chi connectivity index (χ0) is 18.9. The van der Waals surface area contributed by atoms with E-state index in [1.165, 1.54) is 0 Å². The number of rotatable bonds is 10. The molecule has 26 heavy (non-hydrogen) atoms. The lowest BCUT2D eigenvalue weighted by Crippen LogP contribution is -2.12. The van der Waals surface area contributed by atoms with Gasteiger partial charge in [0.2, 0.25) is 0 Å². The molecule has 0 aliphatic heterocycles. The van der Waals surface area contributed by atoms with Gasteiger partial charge in [-0.05, 0) is 35.6 Å². The Balaban J connectivity index is 2.00. The van der Waals surface area contributed by atoms with Crippen LogP contribution < -0.4 is 14.2 Å². The summed E-state index contributed by atoms with van der Waals surface area (Å²) >= 11 is 0. The van der Waals surface area contributed by atoms with Crippen LogP contribution in [-0.2, 0) is 11.2 Å². The highest BCUT2D eigenvalue weighted by Crippen LogP contribution is 2.32. The Labute approximate surface area is 154 Å². The number of benzene rings is 2. The van der Waals surface area contributed by atoms with Crippen molar-refractivity contribution < 1.29 is 24.1 Å². The Morgan fingerprint density at radius 1 is 1.00 bits per heavy atom. The van der Waals surface area contributed by atoms with Crippen molar-refractivity contribution in [2.75, 3.05) is 20.3 Å². The van der Waals surface area contributed by atoms with Gasteiger partial charge in [-0.15, -0.1) is 0 Å². The van der Waals surface area contributed by atoms with Crippen LogP contribution in [0.1, 0.15) is 37.3 Å². The minimum atomic E-state index is -0.840. The van der Waals surface area contributed by atoms with E-state index in [1.54, 1.807) is 13.2 Å². The Bertz CT molecular complexity index is 724. The summed E-state index contributed by atoms with van der Waals surface area (Å²) in [5.41, 5.74) is 1.97. The predicted octanol–water partition coefficient (Wildman–Crippen LogP) is 4.29. The third-order valence-electron chi connectivity index (χ3n) is 4.02. The summed E-state index contributed by atoms with van der Waals surface area (Å²) in [4.78, 5) is 10.9. The number of aryl methyl sites for hydroxylation is 1. The van der Waals surface area contributed by atoms with Gasteiger partial charge in [0.15, 0.2) is 11.5 Å². The highest BCUT2D eigenvalue weighted by molar-refractivity contribution is 5.67. The predicted molar refractivity (Wildman–Crippen MR) is 100 cm³/mol.